The molecule has 80 valence electrons. The summed E-state index contributed by atoms with van der Waals surface area (Å²) in [6.45, 7) is 3.91. The first-order valence-corrected chi connectivity index (χ1v) is 4.87. The van der Waals surface area contributed by atoms with Gasteiger partial charge in [-0.2, -0.15) is 0 Å². The first-order valence-electron chi connectivity index (χ1n) is 4.87. The summed E-state index contributed by atoms with van der Waals surface area (Å²) < 4.78 is 5.07. The van der Waals surface area contributed by atoms with Crippen LogP contribution in [0.3, 0.4) is 0 Å². The molecule has 1 aromatic carbocycles. The minimum absolute atomic E-state index is 0.246. The van der Waals surface area contributed by atoms with Crippen LogP contribution in [0.5, 0.6) is 5.75 Å². The molecule has 0 bridgehead atoms. The molecule has 1 aromatic rings. The second-order valence-corrected chi connectivity index (χ2v) is 3.76. The van der Waals surface area contributed by atoms with Gasteiger partial charge in [0, 0.05) is 12.0 Å². The van der Waals surface area contributed by atoms with Crippen LogP contribution in [-0.4, -0.2) is 12.3 Å². The van der Waals surface area contributed by atoms with Gasteiger partial charge in [0.25, 0.3) is 0 Å². The number of benzene rings is 1. The fourth-order valence-electron chi connectivity index (χ4n) is 1.12. The van der Waals surface area contributed by atoms with Gasteiger partial charge in [0.05, 0.1) is 0 Å². The van der Waals surface area contributed by atoms with Crippen molar-refractivity contribution in [2.75, 3.05) is 0 Å². The van der Waals surface area contributed by atoms with Gasteiger partial charge in [-0.05, 0) is 30.2 Å². The number of carbonyl (C=O) groups excluding carboxylic acids is 2. The smallest absolute Gasteiger partial charge is 0.311 e. The lowest BCUT2D eigenvalue weighted by Gasteiger charge is -2.05. The molecule has 0 aliphatic heterocycles. The maximum atomic E-state index is 11.3. The van der Waals surface area contributed by atoms with Gasteiger partial charge < -0.3 is 4.74 Å². The van der Waals surface area contributed by atoms with Gasteiger partial charge in [-0.25, -0.2) is 0 Å². The molecular formula is C12H14O3. The van der Waals surface area contributed by atoms with Crippen molar-refractivity contribution in [1.29, 1.82) is 0 Å². The fourth-order valence-corrected chi connectivity index (χ4v) is 1.12. The van der Waals surface area contributed by atoms with Gasteiger partial charge in [-0.15, -0.1) is 0 Å². The SMILES string of the molecule is CC(C)CC(=O)Oc1ccc(C=O)cc1. The zero-order valence-corrected chi connectivity index (χ0v) is 8.90. The molecule has 1 rings (SSSR count). The average Bonchev–Trinajstić information content (AvgIpc) is 2.17. The Morgan fingerprint density at radius 3 is 2.40 bits per heavy atom. The van der Waals surface area contributed by atoms with E-state index < -0.39 is 0 Å². The third-order valence-electron chi connectivity index (χ3n) is 1.82. The van der Waals surface area contributed by atoms with E-state index in [0.717, 1.165) is 6.29 Å². The highest BCUT2D eigenvalue weighted by atomic mass is 16.5. The molecule has 0 aliphatic carbocycles. The molecule has 15 heavy (non-hydrogen) atoms. The van der Waals surface area contributed by atoms with E-state index in [4.69, 9.17) is 4.74 Å². The minimum Gasteiger partial charge on any atom is -0.427 e. The molecule has 0 aliphatic rings. The van der Waals surface area contributed by atoms with Crippen molar-refractivity contribution in [3.63, 3.8) is 0 Å². The van der Waals surface area contributed by atoms with E-state index in [1.54, 1.807) is 24.3 Å². The molecule has 0 atom stereocenters. The Morgan fingerprint density at radius 2 is 1.93 bits per heavy atom. The molecule has 0 N–H and O–H groups in total. The summed E-state index contributed by atoms with van der Waals surface area (Å²) in [5.41, 5.74) is 0.568. The van der Waals surface area contributed by atoms with Gasteiger partial charge in [0.1, 0.15) is 12.0 Å². The maximum absolute atomic E-state index is 11.3. The highest BCUT2D eigenvalue weighted by Crippen LogP contribution is 2.13. The highest BCUT2D eigenvalue weighted by Gasteiger charge is 2.07. The van der Waals surface area contributed by atoms with Crippen LogP contribution in [0.25, 0.3) is 0 Å². The number of ether oxygens (including phenoxy) is 1. The van der Waals surface area contributed by atoms with E-state index in [1.165, 1.54) is 0 Å². The second-order valence-electron chi connectivity index (χ2n) is 3.76. The number of carbonyl (C=O) groups is 2. The summed E-state index contributed by atoms with van der Waals surface area (Å²) in [5, 5.41) is 0. The monoisotopic (exact) mass is 206 g/mol. The third kappa shape index (κ3) is 3.94. The van der Waals surface area contributed by atoms with Crippen LogP contribution >= 0.6 is 0 Å². The predicted molar refractivity (Wildman–Crippen MR) is 56.9 cm³/mol. The van der Waals surface area contributed by atoms with Crippen molar-refractivity contribution < 1.29 is 14.3 Å². The Morgan fingerprint density at radius 1 is 1.33 bits per heavy atom. The lowest BCUT2D eigenvalue weighted by molar-refractivity contribution is -0.135. The number of aldehydes is 1. The molecule has 0 unspecified atom stereocenters. The van der Waals surface area contributed by atoms with Crippen molar-refractivity contribution in [3.8, 4) is 5.75 Å². The van der Waals surface area contributed by atoms with Crippen LogP contribution in [0.2, 0.25) is 0 Å². The largest absolute Gasteiger partial charge is 0.427 e. The summed E-state index contributed by atoms with van der Waals surface area (Å²) >= 11 is 0. The molecule has 0 saturated carbocycles. The van der Waals surface area contributed by atoms with Crippen LogP contribution in [0, 0.1) is 5.92 Å². The van der Waals surface area contributed by atoms with Crippen molar-refractivity contribution >= 4 is 12.3 Å². The maximum Gasteiger partial charge on any atom is 0.311 e. The van der Waals surface area contributed by atoms with Crippen LogP contribution < -0.4 is 4.74 Å². The minimum atomic E-state index is -0.246. The summed E-state index contributed by atoms with van der Waals surface area (Å²) in [6.07, 6.45) is 1.15. The van der Waals surface area contributed by atoms with E-state index in [0.29, 0.717) is 17.7 Å². The Balaban J connectivity index is 2.57. The van der Waals surface area contributed by atoms with Crippen LogP contribution in [0.4, 0.5) is 0 Å². The summed E-state index contributed by atoms with van der Waals surface area (Å²) in [5.74, 6) is 0.516. The lowest BCUT2D eigenvalue weighted by Crippen LogP contribution is -2.10. The van der Waals surface area contributed by atoms with Gasteiger partial charge >= 0.3 is 5.97 Å². The predicted octanol–water partition coefficient (Wildman–Crippen LogP) is 2.45. The molecule has 0 aromatic heterocycles. The third-order valence-corrected chi connectivity index (χ3v) is 1.82. The van der Waals surface area contributed by atoms with Crippen molar-refractivity contribution in [1.82, 2.24) is 0 Å². The highest BCUT2D eigenvalue weighted by molar-refractivity contribution is 5.76. The van der Waals surface area contributed by atoms with E-state index in [1.807, 2.05) is 13.8 Å². The fraction of sp³-hybridized carbons (Fsp3) is 0.333. The quantitative estimate of drug-likeness (QED) is 0.431. The zero-order valence-electron chi connectivity index (χ0n) is 8.90. The second kappa shape index (κ2) is 5.29. The first kappa shape index (κ1) is 11.4. The zero-order chi connectivity index (χ0) is 11.3. The van der Waals surface area contributed by atoms with E-state index in [9.17, 15) is 9.59 Å². The summed E-state index contributed by atoms with van der Waals surface area (Å²) in [7, 11) is 0. The Labute approximate surface area is 89.1 Å². The van der Waals surface area contributed by atoms with E-state index in [-0.39, 0.29) is 11.9 Å². The van der Waals surface area contributed by atoms with Crippen molar-refractivity contribution in [2.24, 2.45) is 5.92 Å². The van der Waals surface area contributed by atoms with Crippen molar-refractivity contribution in [2.45, 2.75) is 20.3 Å². The topological polar surface area (TPSA) is 43.4 Å². The normalized spacial score (nSPS) is 10.1. The molecule has 3 nitrogen and oxygen atoms in total. The van der Waals surface area contributed by atoms with Gasteiger partial charge in [0.15, 0.2) is 0 Å². The standard InChI is InChI=1S/C12H14O3/c1-9(2)7-12(14)15-11-5-3-10(8-13)4-6-11/h3-6,8-9H,7H2,1-2H3. The molecule has 0 saturated heterocycles. The molecule has 0 radical (unpaired) electrons. The number of hydrogen-bond acceptors (Lipinski definition) is 3. The number of esters is 1. The van der Waals surface area contributed by atoms with E-state index >= 15 is 0 Å². The summed E-state index contributed by atoms with van der Waals surface area (Å²) in [6, 6.07) is 6.46. The first-order chi connectivity index (χ1) is 7.11. The van der Waals surface area contributed by atoms with Crippen LogP contribution in [0.15, 0.2) is 24.3 Å². The van der Waals surface area contributed by atoms with Gasteiger partial charge in [0.2, 0.25) is 0 Å². The van der Waals surface area contributed by atoms with E-state index in [2.05, 4.69) is 0 Å². The molecule has 0 spiro atoms. The molecule has 0 amide bonds. The van der Waals surface area contributed by atoms with Crippen LogP contribution in [0.1, 0.15) is 30.6 Å². The number of hydrogen-bond donors (Lipinski definition) is 0. The molecule has 0 heterocycles. The Bertz CT molecular complexity index is 338. The van der Waals surface area contributed by atoms with Gasteiger partial charge in [-0.1, -0.05) is 13.8 Å². The van der Waals surface area contributed by atoms with Crippen LogP contribution in [-0.2, 0) is 4.79 Å². The Kier molecular flexibility index (Phi) is 4.03. The van der Waals surface area contributed by atoms with Gasteiger partial charge in [-0.3, -0.25) is 9.59 Å². The number of rotatable bonds is 4. The van der Waals surface area contributed by atoms with Crippen molar-refractivity contribution in [3.05, 3.63) is 29.8 Å². The Hall–Kier alpha value is -1.64. The molecule has 0 fully saturated rings. The molecule has 3 heteroatoms. The summed E-state index contributed by atoms with van der Waals surface area (Å²) in [4.78, 5) is 21.7. The average molecular weight is 206 g/mol. The molecular weight excluding hydrogens is 192 g/mol. The lowest BCUT2D eigenvalue weighted by atomic mass is 10.1.